The number of carboxylic acid groups (broad SMARTS) is 1. The largest absolute Gasteiger partial charge is 0.477 e. The van der Waals surface area contributed by atoms with Crippen molar-refractivity contribution in [2.45, 2.75) is 23.0 Å². The molecule has 3 N–H and O–H groups in total. The summed E-state index contributed by atoms with van der Waals surface area (Å²) in [6.07, 6.45) is 2.27. The predicted molar refractivity (Wildman–Crippen MR) is 123 cm³/mol. The Kier molecular flexibility index (Phi) is 6.83. The molecule has 0 spiro atoms. The molecular formula is C16H18N8O6S4. The van der Waals surface area contributed by atoms with Crippen molar-refractivity contribution in [3.8, 4) is 0 Å². The summed E-state index contributed by atoms with van der Waals surface area (Å²) in [5, 5.41) is 23.6. The van der Waals surface area contributed by atoms with Gasteiger partial charge in [0, 0.05) is 29.6 Å². The average Bonchev–Trinajstić information content (AvgIpc) is 3.36. The molecule has 2 aliphatic heterocycles. The third-order valence-electron chi connectivity index (χ3n) is 4.68. The van der Waals surface area contributed by atoms with Crippen LogP contribution in [0, 0.1) is 0 Å². The number of carbonyl (C=O) groups excluding carboxylic acids is 2. The lowest BCUT2D eigenvalue weighted by Crippen LogP contribution is -2.70. The zero-order valence-electron chi connectivity index (χ0n) is 17.7. The summed E-state index contributed by atoms with van der Waals surface area (Å²) in [6.45, 7) is 0. The molecule has 18 heteroatoms. The van der Waals surface area contributed by atoms with Gasteiger partial charge in [0.2, 0.25) is 21.1 Å². The van der Waals surface area contributed by atoms with Crippen LogP contribution in [0.5, 0.6) is 0 Å². The minimum atomic E-state index is -3.48. The van der Waals surface area contributed by atoms with Gasteiger partial charge in [0.05, 0.1) is 12.7 Å². The molecule has 0 aliphatic carbocycles. The molecule has 1 unspecified atom stereocenters. The summed E-state index contributed by atoms with van der Waals surface area (Å²) < 4.78 is 26.3. The lowest BCUT2D eigenvalue weighted by molar-refractivity contribution is -0.150. The molecular weight excluding hydrogens is 528 g/mol. The minimum Gasteiger partial charge on any atom is -0.477 e. The number of nitrogens with zero attached hydrogens (tertiary/aromatic N) is 6. The van der Waals surface area contributed by atoms with E-state index in [4.69, 9.17) is 0 Å². The summed E-state index contributed by atoms with van der Waals surface area (Å²) >= 11 is 3.64. The van der Waals surface area contributed by atoms with Gasteiger partial charge in [-0.1, -0.05) is 11.8 Å². The lowest BCUT2D eigenvalue weighted by Gasteiger charge is -2.49. The van der Waals surface area contributed by atoms with Crippen molar-refractivity contribution < 1.29 is 27.9 Å². The number of fused-ring (bicyclic) bond motifs is 1. The number of aromatic nitrogens is 5. The van der Waals surface area contributed by atoms with Gasteiger partial charge in [-0.3, -0.25) is 19.2 Å². The van der Waals surface area contributed by atoms with Crippen LogP contribution in [0.3, 0.4) is 0 Å². The van der Waals surface area contributed by atoms with E-state index in [0.29, 0.717) is 27.1 Å². The number of amides is 2. The fourth-order valence-corrected chi connectivity index (χ4v) is 7.26. The van der Waals surface area contributed by atoms with E-state index >= 15 is 0 Å². The molecule has 14 nitrogen and oxygen atoms in total. The van der Waals surface area contributed by atoms with E-state index in [1.54, 1.807) is 7.05 Å². The van der Waals surface area contributed by atoms with E-state index in [1.807, 2.05) is 0 Å². The van der Waals surface area contributed by atoms with Crippen LogP contribution in [-0.2, 0) is 37.9 Å². The smallest absolute Gasteiger partial charge is 0.352 e. The Morgan fingerprint density at radius 1 is 1.38 bits per heavy atom. The van der Waals surface area contributed by atoms with Crippen molar-refractivity contribution in [2.75, 3.05) is 22.5 Å². The van der Waals surface area contributed by atoms with Crippen molar-refractivity contribution in [1.29, 1.82) is 0 Å². The number of hydrogen-bond donors (Lipinski definition) is 3. The number of hydrogen-bond acceptors (Lipinski definition) is 12. The Morgan fingerprint density at radius 3 is 2.79 bits per heavy atom. The third kappa shape index (κ3) is 5.18. The molecule has 34 heavy (non-hydrogen) atoms. The SMILES string of the molecule is Cn1nnnc1SCC1=C(C(=O)O)N2C(=O)C(NC(=O)Cc3cnc(NS(C)(=O)=O)s3)[C@@H]2SC1. The molecule has 0 bridgehead atoms. The average molecular weight is 547 g/mol. The van der Waals surface area contributed by atoms with E-state index < -0.39 is 39.2 Å². The molecule has 2 aromatic rings. The number of anilines is 1. The molecule has 0 aromatic carbocycles. The van der Waals surface area contributed by atoms with Crippen LogP contribution in [0.25, 0.3) is 0 Å². The number of nitrogens with one attached hydrogen (secondary N) is 2. The number of thiazole rings is 1. The maximum atomic E-state index is 12.8. The summed E-state index contributed by atoms with van der Waals surface area (Å²) in [7, 11) is -1.81. The molecule has 1 saturated heterocycles. The van der Waals surface area contributed by atoms with Crippen LogP contribution in [0.4, 0.5) is 5.13 Å². The predicted octanol–water partition coefficient (Wildman–Crippen LogP) is -0.888. The highest BCUT2D eigenvalue weighted by Gasteiger charge is 2.54. The van der Waals surface area contributed by atoms with Gasteiger partial charge in [-0.15, -0.1) is 28.2 Å². The summed E-state index contributed by atoms with van der Waals surface area (Å²) in [4.78, 5) is 42.8. The number of carbonyl (C=O) groups is 3. The standard InChI is InChI=1S/C16H18N8O6S4/c1-23-16(19-21-22-23)32-6-7-5-31-13-10(12(26)24(13)11(7)14(27)28)18-9(25)3-8-4-17-15(33-8)20-34(2,29)30/h4,10,13H,3,5-6H2,1-2H3,(H,17,20)(H,18,25)(H,27,28)/t10?,13-/m0/s1. The first-order chi connectivity index (χ1) is 16.0. The van der Waals surface area contributed by atoms with Crippen LogP contribution in [0.2, 0.25) is 0 Å². The van der Waals surface area contributed by atoms with Crippen molar-refractivity contribution in [3.63, 3.8) is 0 Å². The van der Waals surface area contributed by atoms with Gasteiger partial charge in [-0.25, -0.2) is 22.9 Å². The van der Waals surface area contributed by atoms with Gasteiger partial charge < -0.3 is 10.4 Å². The zero-order valence-corrected chi connectivity index (χ0v) is 20.9. The highest BCUT2D eigenvalue weighted by Crippen LogP contribution is 2.41. The van der Waals surface area contributed by atoms with Crippen LogP contribution < -0.4 is 10.0 Å². The second-order valence-corrected chi connectivity index (χ2v) is 12.2. The molecule has 0 radical (unpaired) electrons. The lowest BCUT2D eigenvalue weighted by atomic mass is 10.0. The topological polar surface area (TPSA) is 189 Å². The first-order valence-corrected chi connectivity index (χ1v) is 14.2. The van der Waals surface area contributed by atoms with E-state index in [-0.39, 0.29) is 17.2 Å². The number of carboxylic acids is 1. The molecule has 4 heterocycles. The Balaban J connectivity index is 1.39. The van der Waals surface area contributed by atoms with E-state index in [9.17, 15) is 27.9 Å². The Morgan fingerprint density at radius 2 is 2.15 bits per heavy atom. The van der Waals surface area contributed by atoms with Crippen molar-refractivity contribution in [1.82, 2.24) is 35.4 Å². The zero-order chi connectivity index (χ0) is 24.6. The van der Waals surface area contributed by atoms with Crippen LogP contribution >= 0.6 is 34.9 Å². The Bertz CT molecular complexity index is 1290. The second-order valence-electron chi connectivity index (χ2n) is 7.27. The normalized spacial score (nSPS) is 20.1. The third-order valence-corrected chi connectivity index (χ3v) is 8.73. The van der Waals surface area contributed by atoms with E-state index in [0.717, 1.165) is 17.6 Å². The number of β-lactam (4-membered cyclic amide) rings is 1. The first kappa shape index (κ1) is 24.4. The molecule has 2 aliphatic rings. The first-order valence-electron chi connectivity index (χ1n) is 9.50. The number of aliphatic carboxylic acids is 1. The highest BCUT2D eigenvalue weighted by atomic mass is 32.2. The summed E-state index contributed by atoms with van der Waals surface area (Å²) in [6, 6.07) is -0.856. The van der Waals surface area contributed by atoms with Crippen molar-refractivity contribution in [3.05, 3.63) is 22.3 Å². The van der Waals surface area contributed by atoms with Crippen molar-refractivity contribution >= 4 is 67.8 Å². The number of thioether (sulfide) groups is 2. The number of sulfonamides is 1. The number of rotatable bonds is 9. The molecule has 1 fully saturated rings. The van der Waals surface area contributed by atoms with Gasteiger partial charge >= 0.3 is 5.97 Å². The van der Waals surface area contributed by atoms with Gasteiger partial charge in [0.25, 0.3) is 5.91 Å². The van der Waals surface area contributed by atoms with Gasteiger partial charge in [0.1, 0.15) is 17.1 Å². The number of tetrazole rings is 1. The van der Waals surface area contributed by atoms with Crippen molar-refractivity contribution in [2.24, 2.45) is 7.05 Å². The minimum absolute atomic E-state index is 0.0826. The fourth-order valence-electron chi connectivity index (χ4n) is 3.27. The van der Waals surface area contributed by atoms with E-state index in [1.165, 1.54) is 39.3 Å². The monoisotopic (exact) mass is 546 g/mol. The van der Waals surface area contributed by atoms with E-state index in [2.05, 4.69) is 30.5 Å². The summed E-state index contributed by atoms with van der Waals surface area (Å²) in [5.41, 5.74) is 0.483. The quantitative estimate of drug-likeness (QED) is 0.260. The molecule has 4 rings (SSSR count). The van der Waals surface area contributed by atoms with Gasteiger partial charge in [-0.05, 0) is 16.0 Å². The maximum Gasteiger partial charge on any atom is 0.352 e. The van der Waals surface area contributed by atoms with Gasteiger partial charge in [0.15, 0.2) is 5.13 Å². The molecule has 182 valence electrons. The Hall–Kier alpha value is -2.70. The maximum absolute atomic E-state index is 12.8. The highest BCUT2D eigenvalue weighted by molar-refractivity contribution is 8.01. The molecule has 2 atom stereocenters. The van der Waals surface area contributed by atoms with Crippen LogP contribution in [-0.4, -0.2) is 90.6 Å². The van der Waals surface area contributed by atoms with Crippen LogP contribution in [0.15, 0.2) is 22.6 Å². The van der Waals surface area contributed by atoms with Crippen LogP contribution in [0.1, 0.15) is 4.88 Å². The summed E-state index contributed by atoms with van der Waals surface area (Å²) in [5.74, 6) is -1.51. The molecule has 2 amide bonds. The van der Waals surface area contributed by atoms with Gasteiger partial charge in [-0.2, -0.15) is 0 Å². The second kappa shape index (κ2) is 9.51. The fraction of sp³-hybridized carbons (Fsp3) is 0.438. The molecule has 0 saturated carbocycles. The Labute approximate surface area is 205 Å². The number of aryl methyl sites for hydroxylation is 1. The molecule has 2 aromatic heterocycles.